The maximum Gasteiger partial charge on any atom is 0.416 e. The average Bonchev–Trinajstić information content (AvgIpc) is 3.27. The van der Waals surface area contributed by atoms with Gasteiger partial charge in [0.25, 0.3) is 11.6 Å². The van der Waals surface area contributed by atoms with E-state index in [0.717, 1.165) is 12.1 Å². The molecule has 31 heavy (non-hydrogen) atoms. The fraction of sp³-hybridized carbons (Fsp3) is 0.368. The zero-order valence-corrected chi connectivity index (χ0v) is 16.2. The van der Waals surface area contributed by atoms with Gasteiger partial charge in [0, 0.05) is 45.2 Å². The highest BCUT2D eigenvalue weighted by Crippen LogP contribution is 2.36. The Hall–Kier alpha value is -3.57. The first-order chi connectivity index (χ1) is 14.7. The van der Waals surface area contributed by atoms with Crippen LogP contribution in [0.4, 0.5) is 24.5 Å². The van der Waals surface area contributed by atoms with Gasteiger partial charge in [0.15, 0.2) is 5.76 Å². The largest absolute Gasteiger partial charge is 0.459 e. The first-order valence-corrected chi connectivity index (χ1v) is 9.37. The summed E-state index contributed by atoms with van der Waals surface area (Å²) in [5.74, 6) is -0.502. The number of amides is 2. The number of carbonyl (C=O) groups is 2. The molecule has 1 aliphatic heterocycles. The Labute approximate surface area is 174 Å². The number of nitrogens with zero attached hydrogens (tertiary/aromatic N) is 3. The summed E-state index contributed by atoms with van der Waals surface area (Å²) < 4.78 is 43.5. The van der Waals surface area contributed by atoms with Gasteiger partial charge < -0.3 is 19.5 Å². The lowest BCUT2D eigenvalue weighted by Crippen LogP contribution is -2.49. The Bertz CT molecular complexity index is 954. The highest BCUT2D eigenvalue weighted by molar-refractivity contribution is 5.91. The number of nitro groups is 1. The molecule has 0 saturated carbocycles. The number of furan rings is 1. The predicted molar refractivity (Wildman–Crippen MR) is 103 cm³/mol. The second kappa shape index (κ2) is 9.06. The number of hydrogen-bond donors (Lipinski definition) is 1. The van der Waals surface area contributed by atoms with E-state index in [0.29, 0.717) is 6.07 Å². The van der Waals surface area contributed by atoms with E-state index in [4.69, 9.17) is 4.42 Å². The lowest BCUT2D eigenvalue weighted by atomic mass is 10.1. The molecule has 9 nitrogen and oxygen atoms in total. The molecule has 1 N–H and O–H groups in total. The van der Waals surface area contributed by atoms with Crippen LogP contribution in [-0.2, 0) is 11.0 Å². The molecule has 2 aromatic rings. The number of alkyl halides is 3. The van der Waals surface area contributed by atoms with E-state index < -0.39 is 28.3 Å². The van der Waals surface area contributed by atoms with Crippen molar-refractivity contribution in [3.05, 3.63) is 58.0 Å². The predicted octanol–water partition coefficient (Wildman–Crippen LogP) is 2.68. The van der Waals surface area contributed by atoms with Gasteiger partial charge in [-0.3, -0.25) is 19.7 Å². The number of hydrogen-bond acceptors (Lipinski definition) is 6. The van der Waals surface area contributed by atoms with Crippen molar-refractivity contribution in [3.8, 4) is 0 Å². The first kappa shape index (κ1) is 22.1. The summed E-state index contributed by atoms with van der Waals surface area (Å²) in [5, 5.41) is 13.9. The molecule has 0 unspecified atom stereocenters. The lowest BCUT2D eigenvalue weighted by Gasteiger charge is -2.36. The van der Waals surface area contributed by atoms with E-state index >= 15 is 0 Å². The van der Waals surface area contributed by atoms with Crippen molar-refractivity contribution in [2.45, 2.75) is 12.6 Å². The standard InChI is InChI=1S/C19H19F3N4O5/c20-19(21,22)13-3-4-14(15(12-13)26(29)30)24-7-9-25(10-8-24)17(27)5-6-23-18(28)16-2-1-11-31-16/h1-4,11-12H,5-10H2,(H,23,28). The topological polar surface area (TPSA) is 109 Å². The zero-order chi connectivity index (χ0) is 22.6. The first-order valence-electron chi connectivity index (χ1n) is 9.37. The fourth-order valence-corrected chi connectivity index (χ4v) is 3.25. The number of nitrogens with one attached hydrogen (secondary N) is 1. The van der Waals surface area contributed by atoms with Crippen molar-refractivity contribution >= 4 is 23.2 Å². The zero-order valence-electron chi connectivity index (χ0n) is 16.2. The molecule has 0 bridgehead atoms. The summed E-state index contributed by atoms with van der Waals surface area (Å²) in [4.78, 5) is 37.7. The van der Waals surface area contributed by atoms with Gasteiger partial charge in [-0.1, -0.05) is 0 Å². The number of halogens is 3. The summed E-state index contributed by atoms with van der Waals surface area (Å²) in [6.07, 6.45) is -3.26. The number of rotatable bonds is 6. The molecule has 1 aromatic heterocycles. The third kappa shape index (κ3) is 5.32. The van der Waals surface area contributed by atoms with Crippen LogP contribution in [0.25, 0.3) is 0 Å². The van der Waals surface area contributed by atoms with Gasteiger partial charge in [0.2, 0.25) is 5.91 Å². The van der Waals surface area contributed by atoms with Crippen LogP contribution in [0.15, 0.2) is 41.0 Å². The minimum Gasteiger partial charge on any atom is -0.459 e. The van der Waals surface area contributed by atoms with Crippen LogP contribution in [0, 0.1) is 10.1 Å². The van der Waals surface area contributed by atoms with Crippen LogP contribution in [0.3, 0.4) is 0 Å². The quantitative estimate of drug-likeness (QED) is 0.547. The second-order valence-corrected chi connectivity index (χ2v) is 6.81. The van der Waals surface area contributed by atoms with Gasteiger partial charge >= 0.3 is 6.18 Å². The number of carbonyl (C=O) groups excluding carboxylic acids is 2. The smallest absolute Gasteiger partial charge is 0.416 e. The molecule has 1 aromatic carbocycles. The van der Waals surface area contributed by atoms with Gasteiger partial charge in [-0.25, -0.2) is 0 Å². The van der Waals surface area contributed by atoms with Crippen molar-refractivity contribution in [2.75, 3.05) is 37.6 Å². The van der Waals surface area contributed by atoms with Crippen LogP contribution in [0.1, 0.15) is 22.5 Å². The third-order valence-electron chi connectivity index (χ3n) is 4.84. The minimum atomic E-state index is -4.68. The molecular formula is C19H19F3N4O5. The van der Waals surface area contributed by atoms with Crippen molar-refractivity contribution in [2.24, 2.45) is 0 Å². The van der Waals surface area contributed by atoms with Crippen LogP contribution in [-0.4, -0.2) is 54.4 Å². The average molecular weight is 440 g/mol. The van der Waals surface area contributed by atoms with Crippen molar-refractivity contribution in [1.82, 2.24) is 10.2 Å². The molecule has 0 radical (unpaired) electrons. The second-order valence-electron chi connectivity index (χ2n) is 6.81. The summed E-state index contributed by atoms with van der Waals surface area (Å²) in [6.45, 7) is 1.09. The molecule has 1 saturated heterocycles. The number of piperazine rings is 1. The van der Waals surface area contributed by atoms with Gasteiger partial charge in [0.05, 0.1) is 16.7 Å². The van der Waals surface area contributed by atoms with E-state index in [1.165, 1.54) is 12.3 Å². The Kier molecular flexibility index (Phi) is 6.47. The third-order valence-corrected chi connectivity index (χ3v) is 4.84. The van der Waals surface area contributed by atoms with Crippen LogP contribution >= 0.6 is 0 Å². The van der Waals surface area contributed by atoms with E-state index in [-0.39, 0.29) is 56.5 Å². The van der Waals surface area contributed by atoms with Crippen molar-refractivity contribution in [1.29, 1.82) is 0 Å². The van der Waals surface area contributed by atoms with E-state index in [9.17, 15) is 32.9 Å². The molecule has 1 fully saturated rings. The molecule has 3 rings (SSSR count). The van der Waals surface area contributed by atoms with E-state index in [1.54, 1.807) is 15.9 Å². The SMILES string of the molecule is O=C(NCCC(=O)N1CCN(c2ccc(C(F)(F)F)cc2[N+](=O)[O-])CC1)c1ccco1. The molecular weight excluding hydrogens is 421 g/mol. The van der Waals surface area contributed by atoms with Gasteiger partial charge in [-0.2, -0.15) is 13.2 Å². The monoisotopic (exact) mass is 440 g/mol. The number of anilines is 1. The Morgan fingerprint density at radius 3 is 2.45 bits per heavy atom. The Morgan fingerprint density at radius 1 is 1.16 bits per heavy atom. The summed E-state index contributed by atoms with van der Waals surface area (Å²) in [7, 11) is 0. The van der Waals surface area contributed by atoms with Gasteiger partial charge in [-0.15, -0.1) is 0 Å². The maximum absolute atomic E-state index is 12.9. The molecule has 166 valence electrons. The highest BCUT2D eigenvalue weighted by atomic mass is 19.4. The molecule has 0 atom stereocenters. The number of nitro benzene ring substituents is 1. The lowest BCUT2D eigenvalue weighted by molar-refractivity contribution is -0.384. The van der Waals surface area contributed by atoms with Gasteiger partial charge in [0.1, 0.15) is 5.69 Å². The molecule has 2 heterocycles. The van der Waals surface area contributed by atoms with E-state index in [2.05, 4.69) is 5.32 Å². The van der Waals surface area contributed by atoms with Gasteiger partial charge in [-0.05, 0) is 24.3 Å². The van der Waals surface area contributed by atoms with Crippen LogP contribution < -0.4 is 10.2 Å². The van der Waals surface area contributed by atoms with E-state index in [1.807, 2.05) is 0 Å². The van der Waals surface area contributed by atoms with Crippen molar-refractivity contribution in [3.63, 3.8) is 0 Å². The molecule has 0 aliphatic carbocycles. The maximum atomic E-state index is 12.9. The van der Waals surface area contributed by atoms with Crippen LogP contribution in [0.5, 0.6) is 0 Å². The minimum absolute atomic E-state index is 0.0624. The highest BCUT2D eigenvalue weighted by Gasteiger charge is 2.34. The normalized spacial score (nSPS) is 14.4. The Morgan fingerprint density at radius 2 is 1.87 bits per heavy atom. The Balaban J connectivity index is 1.55. The van der Waals surface area contributed by atoms with Crippen molar-refractivity contribution < 1.29 is 32.1 Å². The molecule has 12 heteroatoms. The fourth-order valence-electron chi connectivity index (χ4n) is 3.25. The van der Waals surface area contributed by atoms with Crippen LogP contribution in [0.2, 0.25) is 0 Å². The molecule has 2 amide bonds. The summed E-state index contributed by atoms with van der Waals surface area (Å²) in [5.41, 5.74) is -1.64. The summed E-state index contributed by atoms with van der Waals surface area (Å²) in [6, 6.07) is 5.48. The number of benzene rings is 1. The molecule has 0 spiro atoms. The molecule has 1 aliphatic rings. The summed E-state index contributed by atoms with van der Waals surface area (Å²) >= 11 is 0.